The first-order valence-corrected chi connectivity index (χ1v) is 10.3. The lowest BCUT2D eigenvalue weighted by atomic mass is 10.1. The first-order chi connectivity index (χ1) is 15.1. The highest BCUT2D eigenvalue weighted by molar-refractivity contribution is 6.32. The van der Waals surface area contributed by atoms with Crippen LogP contribution in [0.2, 0.25) is 5.02 Å². The van der Waals surface area contributed by atoms with Gasteiger partial charge in [-0.15, -0.1) is 0 Å². The van der Waals surface area contributed by atoms with Crippen LogP contribution in [0.5, 0.6) is 5.75 Å². The number of carbonyl (C=O) groups is 1. The van der Waals surface area contributed by atoms with Crippen LogP contribution >= 0.6 is 11.6 Å². The van der Waals surface area contributed by atoms with Crippen LogP contribution in [-0.2, 0) is 11.3 Å². The van der Waals surface area contributed by atoms with Crippen LogP contribution < -0.4 is 9.64 Å². The van der Waals surface area contributed by atoms with Crippen molar-refractivity contribution in [2.24, 2.45) is 0 Å². The summed E-state index contributed by atoms with van der Waals surface area (Å²) in [5.74, 6) is 0.917. The zero-order valence-electron chi connectivity index (χ0n) is 16.7. The molecule has 0 saturated carbocycles. The Bertz CT molecular complexity index is 1070. The van der Waals surface area contributed by atoms with Crippen LogP contribution in [0.25, 0.3) is 6.08 Å². The Kier molecular flexibility index (Phi) is 6.70. The molecule has 160 valence electrons. The zero-order chi connectivity index (χ0) is 21.6. The van der Waals surface area contributed by atoms with Crippen molar-refractivity contribution in [1.29, 1.82) is 0 Å². The molecule has 0 aliphatic carbocycles. The minimum atomic E-state index is -0.428. The minimum Gasteiger partial charge on any atom is -0.484 e. The van der Waals surface area contributed by atoms with Crippen molar-refractivity contribution in [2.75, 3.05) is 31.2 Å². The molecular weight excluding hydrogens is 421 g/mol. The first kappa shape index (κ1) is 21.2. The molecule has 31 heavy (non-hydrogen) atoms. The Morgan fingerprint density at radius 3 is 2.61 bits per heavy atom. The van der Waals surface area contributed by atoms with Gasteiger partial charge in [0.2, 0.25) is 0 Å². The molecule has 0 radical (unpaired) electrons. The number of hydrogen-bond acceptors (Lipinski definition) is 5. The number of benzene rings is 2. The van der Waals surface area contributed by atoms with Crippen molar-refractivity contribution >= 4 is 29.1 Å². The quantitative estimate of drug-likeness (QED) is 0.364. The molecule has 1 aromatic heterocycles. The summed E-state index contributed by atoms with van der Waals surface area (Å²) in [6.07, 6.45) is 3.09. The van der Waals surface area contributed by atoms with Gasteiger partial charge < -0.3 is 18.8 Å². The number of halogens is 2. The van der Waals surface area contributed by atoms with Gasteiger partial charge in [0.25, 0.3) is 0 Å². The summed E-state index contributed by atoms with van der Waals surface area (Å²) in [5, 5.41) is 0.192. The molecule has 0 atom stereocenters. The lowest BCUT2D eigenvalue weighted by molar-refractivity contribution is 0.104. The summed E-state index contributed by atoms with van der Waals surface area (Å²) in [7, 11) is 0. The SMILES string of the molecule is O=C(/C=C/c1ccc(COc2ccc(F)cc2Cl)o1)c1ccc(N2CCOCC2)cc1. The van der Waals surface area contributed by atoms with Crippen LogP contribution in [0.4, 0.5) is 10.1 Å². The van der Waals surface area contributed by atoms with Crippen molar-refractivity contribution in [3.05, 3.63) is 88.6 Å². The van der Waals surface area contributed by atoms with Gasteiger partial charge in [-0.2, -0.15) is 0 Å². The van der Waals surface area contributed by atoms with E-state index in [9.17, 15) is 9.18 Å². The van der Waals surface area contributed by atoms with Gasteiger partial charge in [-0.25, -0.2) is 4.39 Å². The summed E-state index contributed by atoms with van der Waals surface area (Å²) in [6, 6.07) is 15.0. The number of hydrogen-bond donors (Lipinski definition) is 0. The zero-order valence-corrected chi connectivity index (χ0v) is 17.5. The van der Waals surface area contributed by atoms with Crippen LogP contribution in [0, 0.1) is 5.82 Å². The van der Waals surface area contributed by atoms with E-state index >= 15 is 0 Å². The standard InChI is InChI=1S/C24H21ClFNO4/c25-22-15-18(26)3-10-24(22)30-16-21-7-6-20(31-21)8-9-23(28)17-1-4-19(5-2-17)27-11-13-29-14-12-27/h1-10,15H,11-14,16H2/b9-8+. The summed E-state index contributed by atoms with van der Waals surface area (Å²) in [6.45, 7) is 3.28. The van der Waals surface area contributed by atoms with E-state index < -0.39 is 5.82 Å². The Hall–Kier alpha value is -3.09. The average molecular weight is 442 g/mol. The second-order valence-electron chi connectivity index (χ2n) is 7.01. The highest BCUT2D eigenvalue weighted by Crippen LogP contribution is 2.26. The smallest absolute Gasteiger partial charge is 0.185 e. The number of furan rings is 1. The van der Waals surface area contributed by atoms with Gasteiger partial charge in [-0.1, -0.05) is 11.6 Å². The monoisotopic (exact) mass is 441 g/mol. The normalized spacial score (nSPS) is 14.2. The molecule has 5 nitrogen and oxygen atoms in total. The lowest BCUT2D eigenvalue weighted by Crippen LogP contribution is -2.36. The fourth-order valence-corrected chi connectivity index (χ4v) is 3.44. The number of rotatable bonds is 7. The Morgan fingerprint density at radius 2 is 1.87 bits per heavy atom. The Balaban J connectivity index is 1.33. The number of anilines is 1. The highest BCUT2D eigenvalue weighted by Gasteiger charge is 2.12. The van der Waals surface area contributed by atoms with E-state index in [2.05, 4.69) is 4.90 Å². The molecule has 7 heteroatoms. The van der Waals surface area contributed by atoms with E-state index in [-0.39, 0.29) is 17.4 Å². The fraction of sp³-hybridized carbons (Fsp3) is 0.208. The van der Waals surface area contributed by atoms with Gasteiger partial charge in [0.1, 0.15) is 29.7 Å². The second kappa shape index (κ2) is 9.81. The summed E-state index contributed by atoms with van der Waals surface area (Å²) < 4.78 is 29.7. The van der Waals surface area contributed by atoms with Crippen LogP contribution in [0.3, 0.4) is 0 Å². The fourth-order valence-electron chi connectivity index (χ4n) is 3.21. The van der Waals surface area contributed by atoms with Crippen molar-refractivity contribution in [1.82, 2.24) is 0 Å². The maximum atomic E-state index is 13.1. The molecule has 1 saturated heterocycles. The van der Waals surface area contributed by atoms with Gasteiger partial charge >= 0.3 is 0 Å². The van der Waals surface area contributed by atoms with E-state index in [0.717, 1.165) is 32.0 Å². The number of ether oxygens (including phenoxy) is 2. The molecule has 1 aliphatic heterocycles. The summed E-state index contributed by atoms with van der Waals surface area (Å²) >= 11 is 5.95. The van der Waals surface area contributed by atoms with Crippen LogP contribution in [0.1, 0.15) is 21.9 Å². The maximum Gasteiger partial charge on any atom is 0.185 e. The van der Waals surface area contributed by atoms with Crippen molar-refractivity contribution in [2.45, 2.75) is 6.61 Å². The maximum absolute atomic E-state index is 13.1. The van der Waals surface area contributed by atoms with Crippen LogP contribution in [-0.4, -0.2) is 32.1 Å². The number of allylic oxidation sites excluding steroid dienone is 1. The van der Waals surface area contributed by atoms with E-state index in [1.165, 1.54) is 24.3 Å². The first-order valence-electron chi connectivity index (χ1n) is 9.90. The number of ketones is 1. The lowest BCUT2D eigenvalue weighted by Gasteiger charge is -2.28. The molecule has 0 unspecified atom stereocenters. The van der Waals surface area contributed by atoms with Gasteiger partial charge in [0.15, 0.2) is 5.78 Å². The molecule has 1 fully saturated rings. The van der Waals surface area contributed by atoms with Gasteiger partial charge in [-0.05, 0) is 66.7 Å². The number of morpholine rings is 1. The molecule has 0 spiro atoms. The summed E-state index contributed by atoms with van der Waals surface area (Å²) in [4.78, 5) is 14.7. The summed E-state index contributed by atoms with van der Waals surface area (Å²) in [5.41, 5.74) is 1.69. The van der Waals surface area contributed by atoms with Crippen molar-refractivity contribution < 1.29 is 23.1 Å². The molecule has 2 aromatic carbocycles. The van der Waals surface area contributed by atoms with E-state index in [0.29, 0.717) is 22.8 Å². The van der Waals surface area contributed by atoms with Gasteiger partial charge in [0.05, 0.1) is 18.2 Å². The molecule has 3 aromatic rings. The van der Waals surface area contributed by atoms with E-state index in [1.807, 2.05) is 24.3 Å². The Labute approximate surface area is 184 Å². The number of nitrogens with zero attached hydrogens (tertiary/aromatic N) is 1. The largest absolute Gasteiger partial charge is 0.484 e. The molecule has 4 rings (SSSR count). The minimum absolute atomic E-state index is 0.110. The average Bonchev–Trinajstić information content (AvgIpc) is 3.25. The van der Waals surface area contributed by atoms with Crippen molar-refractivity contribution in [3.63, 3.8) is 0 Å². The second-order valence-corrected chi connectivity index (χ2v) is 7.42. The van der Waals surface area contributed by atoms with Crippen LogP contribution in [0.15, 0.2) is 65.1 Å². The third kappa shape index (κ3) is 5.54. The molecule has 1 aliphatic rings. The van der Waals surface area contributed by atoms with Crippen molar-refractivity contribution in [3.8, 4) is 5.75 Å². The molecule has 0 amide bonds. The number of carbonyl (C=O) groups excluding carboxylic acids is 1. The van der Waals surface area contributed by atoms with E-state index in [1.54, 1.807) is 18.2 Å². The third-order valence-electron chi connectivity index (χ3n) is 4.87. The third-order valence-corrected chi connectivity index (χ3v) is 5.17. The Morgan fingerprint density at radius 1 is 1.10 bits per heavy atom. The molecule has 0 N–H and O–H groups in total. The molecule has 0 bridgehead atoms. The van der Waals surface area contributed by atoms with Gasteiger partial charge in [0, 0.05) is 24.3 Å². The predicted octanol–water partition coefficient (Wildman–Crippen LogP) is 5.38. The van der Waals surface area contributed by atoms with Gasteiger partial charge in [-0.3, -0.25) is 4.79 Å². The van der Waals surface area contributed by atoms with E-state index in [4.69, 9.17) is 25.5 Å². The topological polar surface area (TPSA) is 51.9 Å². The predicted molar refractivity (Wildman–Crippen MR) is 117 cm³/mol. The molecular formula is C24H21ClFNO4. The highest BCUT2D eigenvalue weighted by atomic mass is 35.5. The molecule has 2 heterocycles.